The molecule has 1 aromatic carbocycles. The molecule has 0 spiro atoms. The number of nitrogens with zero attached hydrogens (tertiary/aromatic N) is 2. The molecular formula is C17H20N2O2. The third-order valence-corrected chi connectivity index (χ3v) is 4.23. The van der Waals surface area contributed by atoms with Crippen molar-refractivity contribution in [3.05, 3.63) is 46.3 Å². The van der Waals surface area contributed by atoms with Gasteiger partial charge in [0.05, 0.1) is 5.69 Å². The Bertz CT molecular complexity index is 701. The van der Waals surface area contributed by atoms with Gasteiger partial charge in [0.1, 0.15) is 0 Å². The maximum Gasteiger partial charge on any atom is 0.356 e. The molecule has 4 heteroatoms. The molecule has 0 atom stereocenters. The van der Waals surface area contributed by atoms with Gasteiger partial charge in [-0.1, -0.05) is 18.6 Å². The fraction of sp³-hybridized carbons (Fsp3) is 0.412. The molecule has 1 aliphatic carbocycles. The van der Waals surface area contributed by atoms with E-state index in [4.69, 9.17) is 0 Å². The number of aromatic carboxylic acids is 1. The average Bonchev–Trinajstić information content (AvgIpc) is 2.64. The third kappa shape index (κ3) is 2.46. The smallest absolute Gasteiger partial charge is 0.356 e. The fourth-order valence-corrected chi connectivity index (χ4v) is 3.09. The van der Waals surface area contributed by atoms with Gasteiger partial charge in [0.25, 0.3) is 0 Å². The molecule has 0 saturated heterocycles. The van der Waals surface area contributed by atoms with Crippen molar-refractivity contribution in [1.82, 2.24) is 9.78 Å². The Labute approximate surface area is 124 Å². The van der Waals surface area contributed by atoms with Gasteiger partial charge in [-0.2, -0.15) is 5.10 Å². The molecule has 0 bridgehead atoms. The summed E-state index contributed by atoms with van der Waals surface area (Å²) >= 11 is 0. The van der Waals surface area contributed by atoms with Crippen molar-refractivity contribution >= 4 is 5.97 Å². The van der Waals surface area contributed by atoms with Crippen LogP contribution in [-0.4, -0.2) is 20.9 Å². The summed E-state index contributed by atoms with van der Waals surface area (Å²) in [5.74, 6) is -0.919. The lowest BCUT2D eigenvalue weighted by atomic mass is 10.1. The van der Waals surface area contributed by atoms with Crippen LogP contribution in [0.2, 0.25) is 0 Å². The van der Waals surface area contributed by atoms with Gasteiger partial charge in [-0.05, 0) is 56.7 Å². The second-order valence-corrected chi connectivity index (χ2v) is 5.84. The number of benzene rings is 1. The Hall–Kier alpha value is -2.10. The molecule has 1 heterocycles. The molecule has 3 rings (SSSR count). The normalized spacial score (nSPS) is 14.6. The number of carboxylic acids is 1. The molecule has 1 N–H and O–H groups in total. The Morgan fingerprint density at radius 1 is 1.19 bits per heavy atom. The number of carboxylic acid groups (broad SMARTS) is 1. The number of fused-ring (bicyclic) bond motifs is 1. The minimum Gasteiger partial charge on any atom is -0.476 e. The summed E-state index contributed by atoms with van der Waals surface area (Å²) in [6.45, 7) is 4.09. The lowest BCUT2D eigenvalue weighted by molar-refractivity contribution is 0.0688. The summed E-state index contributed by atoms with van der Waals surface area (Å²) in [5, 5.41) is 13.9. The van der Waals surface area contributed by atoms with Crippen molar-refractivity contribution in [3.8, 4) is 5.69 Å². The number of aromatic nitrogens is 2. The third-order valence-electron chi connectivity index (χ3n) is 4.23. The quantitative estimate of drug-likeness (QED) is 0.859. The minimum absolute atomic E-state index is 0.229. The number of aryl methyl sites for hydroxylation is 2. The van der Waals surface area contributed by atoms with Crippen LogP contribution in [0.25, 0.3) is 5.69 Å². The molecule has 0 amide bonds. The van der Waals surface area contributed by atoms with Gasteiger partial charge in [0.15, 0.2) is 5.69 Å². The standard InChI is InChI=1S/C17H20N2O2/c1-11-8-9-12(2)15(10-11)19-14-7-5-3-4-6-13(14)16(18-19)17(20)21/h8-10H,3-7H2,1-2H3,(H,20,21). The van der Waals surface area contributed by atoms with Gasteiger partial charge in [-0.15, -0.1) is 0 Å². The summed E-state index contributed by atoms with van der Waals surface area (Å²) in [4.78, 5) is 11.5. The fourth-order valence-electron chi connectivity index (χ4n) is 3.09. The molecule has 4 nitrogen and oxygen atoms in total. The second-order valence-electron chi connectivity index (χ2n) is 5.84. The SMILES string of the molecule is Cc1ccc(C)c(-n2nc(C(=O)O)c3c2CCCCC3)c1. The first-order valence-electron chi connectivity index (χ1n) is 7.49. The highest BCUT2D eigenvalue weighted by molar-refractivity contribution is 5.87. The summed E-state index contributed by atoms with van der Waals surface area (Å²) in [6.07, 6.45) is 5.03. The predicted octanol–water partition coefficient (Wildman–Crippen LogP) is 3.46. The Morgan fingerprint density at radius 2 is 1.95 bits per heavy atom. The van der Waals surface area contributed by atoms with Gasteiger partial charge < -0.3 is 5.11 Å². The highest BCUT2D eigenvalue weighted by Crippen LogP contribution is 2.27. The highest BCUT2D eigenvalue weighted by Gasteiger charge is 2.24. The highest BCUT2D eigenvalue weighted by atomic mass is 16.4. The molecular weight excluding hydrogens is 264 g/mol. The Kier molecular flexibility index (Phi) is 3.53. The zero-order valence-corrected chi connectivity index (χ0v) is 12.5. The molecule has 1 aromatic heterocycles. The summed E-state index contributed by atoms with van der Waals surface area (Å²) in [7, 11) is 0. The van der Waals surface area contributed by atoms with E-state index in [-0.39, 0.29) is 5.69 Å². The van der Waals surface area contributed by atoms with E-state index in [2.05, 4.69) is 23.3 Å². The summed E-state index contributed by atoms with van der Waals surface area (Å²) < 4.78 is 1.87. The number of hydrogen-bond acceptors (Lipinski definition) is 2. The van der Waals surface area contributed by atoms with Crippen LogP contribution in [0.15, 0.2) is 18.2 Å². The summed E-state index contributed by atoms with van der Waals surface area (Å²) in [5.41, 5.74) is 5.52. The number of carbonyl (C=O) groups is 1. The van der Waals surface area contributed by atoms with E-state index in [0.29, 0.717) is 0 Å². The first-order chi connectivity index (χ1) is 10.1. The van der Waals surface area contributed by atoms with E-state index in [1.54, 1.807) is 0 Å². The largest absolute Gasteiger partial charge is 0.476 e. The average molecular weight is 284 g/mol. The van der Waals surface area contributed by atoms with Crippen LogP contribution in [0, 0.1) is 13.8 Å². The van der Waals surface area contributed by atoms with E-state index in [1.165, 1.54) is 0 Å². The lowest BCUT2D eigenvalue weighted by Crippen LogP contribution is -2.06. The van der Waals surface area contributed by atoms with Gasteiger partial charge in [-0.25, -0.2) is 9.48 Å². The van der Waals surface area contributed by atoms with E-state index >= 15 is 0 Å². The van der Waals surface area contributed by atoms with E-state index in [9.17, 15) is 9.90 Å². The molecule has 0 radical (unpaired) electrons. The summed E-state index contributed by atoms with van der Waals surface area (Å²) in [6, 6.07) is 6.22. The first-order valence-corrected chi connectivity index (χ1v) is 7.49. The molecule has 0 fully saturated rings. The Morgan fingerprint density at radius 3 is 2.71 bits per heavy atom. The molecule has 110 valence electrons. The van der Waals surface area contributed by atoms with Gasteiger partial charge in [0, 0.05) is 11.3 Å². The monoisotopic (exact) mass is 284 g/mol. The minimum atomic E-state index is -0.919. The zero-order chi connectivity index (χ0) is 15.0. The van der Waals surface area contributed by atoms with Crippen LogP contribution < -0.4 is 0 Å². The molecule has 21 heavy (non-hydrogen) atoms. The molecule has 2 aromatic rings. The van der Waals surface area contributed by atoms with Crippen molar-refractivity contribution in [3.63, 3.8) is 0 Å². The van der Waals surface area contributed by atoms with Crippen LogP contribution in [0.1, 0.15) is 52.1 Å². The predicted molar refractivity (Wildman–Crippen MR) is 81.3 cm³/mol. The molecule has 1 aliphatic rings. The van der Waals surface area contributed by atoms with Crippen LogP contribution in [0.3, 0.4) is 0 Å². The molecule has 0 unspecified atom stereocenters. The zero-order valence-electron chi connectivity index (χ0n) is 12.5. The number of hydrogen-bond donors (Lipinski definition) is 1. The maximum absolute atomic E-state index is 11.5. The van der Waals surface area contributed by atoms with E-state index in [1.807, 2.05) is 18.5 Å². The van der Waals surface area contributed by atoms with Gasteiger partial charge >= 0.3 is 5.97 Å². The van der Waals surface area contributed by atoms with Gasteiger partial charge in [-0.3, -0.25) is 0 Å². The molecule has 0 saturated carbocycles. The van der Waals surface area contributed by atoms with Crippen molar-refractivity contribution in [2.75, 3.05) is 0 Å². The van der Waals surface area contributed by atoms with Crippen LogP contribution in [0.4, 0.5) is 0 Å². The topological polar surface area (TPSA) is 55.1 Å². The Balaban J connectivity index is 2.23. The van der Waals surface area contributed by atoms with Crippen LogP contribution in [-0.2, 0) is 12.8 Å². The van der Waals surface area contributed by atoms with Crippen molar-refractivity contribution in [2.24, 2.45) is 0 Å². The van der Waals surface area contributed by atoms with Crippen molar-refractivity contribution in [2.45, 2.75) is 46.0 Å². The van der Waals surface area contributed by atoms with Crippen LogP contribution in [0.5, 0.6) is 0 Å². The van der Waals surface area contributed by atoms with Crippen LogP contribution >= 0.6 is 0 Å². The number of rotatable bonds is 2. The molecule has 0 aliphatic heterocycles. The van der Waals surface area contributed by atoms with Crippen molar-refractivity contribution in [1.29, 1.82) is 0 Å². The van der Waals surface area contributed by atoms with Crippen molar-refractivity contribution < 1.29 is 9.90 Å². The van der Waals surface area contributed by atoms with E-state index in [0.717, 1.165) is 60.2 Å². The lowest BCUT2D eigenvalue weighted by Gasteiger charge is -2.11. The van der Waals surface area contributed by atoms with Gasteiger partial charge in [0.2, 0.25) is 0 Å². The first kappa shape index (κ1) is 13.9. The maximum atomic E-state index is 11.5. The second kappa shape index (κ2) is 5.35. The van der Waals surface area contributed by atoms with E-state index < -0.39 is 5.97 Å².